The molecule has 84 valence electrons. The molecule has 0 bridgehead atoms. The zero-order valence-corrected chi connectivity index (χ0v) is 8.38. The second-order valence-electron chi connectivity index (χ2n) is 3.96. The van der Waals surface area contributed by atoms with Crippen LogP contribution in [0.3, 0.4) is 0 Å². The van der Waals surface area contributed by atoms with E-state index in [1.165, 1.54) is 0 Å². The quantitative estimate of drug-likeness (QED) is 0.675. The minimum Gasteiger partial charge on any atom is -0.481 e. The van der Waals surface area contributed by atoms with Gasteiger partial charge < -0.3 is 15.9 Å². The molecule has 16 heavy (non-hydrogen) atoms. The van der Waals surface area contributed by atoms with Crippen LogP contribution in [0.5, 0.6) is 0 Å². The third-order valence-electron chi connectivity index (χ3n) is 3.02. The average molecular weight is 221 g/mol. The van der Waals surface area contributed by atoms with E-state index in [1.807, 2.05) is 0 Å². The van der Waals surface area contributed by atoms with Crippen LogP contribution in [-0.2, 0) is 15.1 Å². The molecule has 0 unspecified atom stereocenters. The number of carboxylic acid groups (broad SMARTS) is 2. The summed E-state index contributed by atoms with van der Waals surface area (Å²) >= 11 is 0. The van der Waals surface area contributed by atoms with Crippen molar-refractivity contribution in [1.82, 2.24) is 0 Å². The van der Waals surface area contributed by atoms with Gasteiger partial charge in [0, 0.05) is 0 Å². The first kappa shape index (κ1) is 10.6. The van der Waals surface area contributed by atoms with Crippen LogP contribution in [0.2, 0.25) is 0 Å². The lowest BCUT2D eigenvalue weighted by Gasteiger charge is -2.19. The highest BCUT2D eigenvalue weighted by molar-refractivity contribution is 5.88. The molecule has 0 saturated heterocycles. The van der Waals surface area contributed by atoms with Gasteiger partial charge in [-0.15, -0.1) is 0 Å². The van der Waals surface area contributed by atoms with Crippen molar-refractivity contribution in [1.29, 1.82) is 0 Å². The van der Waals surface area contributed by atoms with Crippen LogP contribution in [0.1, 0.15) is 23.5 Å². The Labute approximate surface area is 91.5 Å². The smallest absolute Gasteiger partial charge is 0.328 e. The average Bonchev–Trinajstić information content (AvgIpc) is 2.55. The van der Waals surface area contributed by atoms with E-state index in [0.29, 0.717) is 11.1 Å². The molecule has 2 atom stereocenters. The van der Waals surface area contributed by atoms with Gasteiger partial charge in [-0.25, -0.2) is 4.79 Å². The Morgan fingerprint density at radius 1 is 1.31 bits per heavy atom. The Morgan fingerprint density at radius 2 is 1.94 bits per heavy atom. The third kappa shape index (κ3) is 1.29. The molecule has 1 aliphatic rings. The van der Waals surface area contributed by atoms with Crippen molar-refractivity contribution in [2.45, 2.75) is 17.9 Å². The second kappa shape index (κ2) is 3.31. The first-order chi connectivity index (χ1) is 7.47. The first-order valence-corrected chi connectivity index (χ1v) is 4.81. The molecule has 0 aromatic heterocycles. The fourth-order valence-electron chi connectivity index (χ4n) is 2.17. The number of carbonyl (C=O) groups is 2. The molecule has 1 aromatic rings. The van der Waals surface area contributed by atoms with Gasteiger partial charge in [0.1, 0.15) is 5.54 Å². The van der Waals surface area contributed by atoms with Crippen LogP contribution in [0.4, 0.5) is 0 Å². The summed E-state index contributed by atoms with van der Waals surface area (Å²) in [5.74, 6) is -3.07. The van der Waals surface area contributed by atoms with Crippen molar-refractivity contribution in [2.24, 2.45) is 5.73 Å². The van der Waals surface area contributed by atoms with Crippen LogP contribution in [0.25, 0.3) is 0 Å². The van der Waals surface area contributed by atoms with Crippen LogP contribution < -0.4 is 5.73 Å². The number of nitrogens with two attached hydrogens (primary N) is 1. The van der Waals surface area contributed by atoms with E-state index in [-0.39, 0.29) is 6.42 Å². The van der Waals surface area contributed by atoms with E-state index in [0.717, 1.165) is 0 Å². The fraction of sp³-hybridized carbons (Fsp3) is 0.273. The molecule has 0 fully saturated rings. The number of hydrogen-bond acceptors (Lipinski definition) is 3. The van der Waals surface area contributed by atoms with Gasteiger partial charge in [0.15, 0.2) is 0 Å². The van der Waals surface area contributed by atoms with Crippen molar-refractivity contribution in [3.63, 3.8) is 0 Å². The molecule has 0 aliphatic heterocycles. The Hall–Kier alpha value is -1.88. The molecule has 5 heteroatoms. The lowest BCUT2D eigenvalue weighted by Crippen LogP contribution is -2.43. The van der Waals surface area contributed by atoms with E-state index in [9.17, 15) is 9.59 Å². The summed E-state index contributed by atoms with van der Waals surface area (Å²) in [7, 11) is 0. The van der Waals surface area contributed by atoms with Gasteiger partial charge in [-0.1, -0.05) is 24.3 Å². The maximum absolute atomic E-state index is 11.1. The van der Waals surface area contributed by atoms with Gasteiger partial charge in [-0.2, -0.15) is 0 Å². The number of fused-ring (bicyclic) bond motifs is 1. The fourth-order valence-corrected chi connectivity index (χ4v) is 2.17. The molecule has 0 radical (unpaired) electrons. The summed E-state index contributed by atoms with van der Waals surface area (Å²) in [5.41, 5.74) is 5.09. The number of carboxylic acids is 2. The molecule has 4 N–H and O–H groups in total. The molecule has 5 nitrogen and oxygen atoms in total. The Balaban J connectivity index is 2.60. The topological polar surface area (TPSA) is 101 Å². The summed E-state index contributed by atoms with van der Waals surface area (Å²) in [6.45, 7) is 0. The lowest BCUT2D eigenvalue weighted by molar-refractivity contribution is -0.144. The molecular formula is C11H11NO4. The number of hydrogen-bond donors (Lipinski definition) is 3. The van der Waals surface area contributed by atoms with E-state index in [4.69, 9.17) is 15.9 Å². The van der Waals surface area contributed by atoms with Crippen LogP contribution >= 0.6 is 0 Å². The van der Waals surface area contributed by atoms with Crippen molar-refractivity contribution >= 4 is 11.9 Å². The van der Waals surface area contributed by atoms with Crippen LogP contribution in [-0.4, -0.2) is 22.2 Å². The van der Waals surface area contributed by atoms with Crippen LogP contribution in [0, 0.1) is 0 Å². The van der Waals surface area contributed by atoms with Crippen molar-refractivity contribution < 1.29 is 19.8 Å². The Bertz CT molecular complexity index is 471. The standard InChI is InChI=1S/C11H11NO4/c12-11(10(15)16)5-7(9(13)14)6-3-1-2-4-8(6)11/h1-4,7H,5,12H2,(H,13,14)(H,15,16)/t7-,11-/m0/s1. The molecule has 1 aliphatic carbocycles. The van der Waals surface area contributed by atoms with Crippen molar-refractivity contribution in [3.05, 3.63) is 35.4 Å². The number of benzene rings is 1. The third-order valence-corrected chi connectivity index (χ3v) is 3.02. The zero-order chi connectivity index (χ0) is 11.9. The van der Waals surface area contributed by atoms with Gasteiger partial charge in [-0.05, 0) is 17.5 Å². The van der Waals surface area contributed by atoms with Gasteiger partial charge in [0.2, 0.25) is 0 Å². The summed E-state index contributed by atoms with van der Waals surface area (Å²) in [5, 5.41) is 18.1. The minimum absolute atomic E-state index is 0.100. The summed E-state index contributed by atoms with van der Waals surface area (Å²) < 4.78 is 0. The monoisotopic (exact) mass is 221 g/mol. The van der Waals surface area contributed by atoms with E-state index < -0.39 is 23.4 Å². The zero-order valence-electron chi connectivity index (χ0n) is 8.38. The summed E-state index contributed by atoms with van der Waals surface area (Å²) in [6.07, 6.45) is -0.100. The highest BCUT2D eigenvalue weighted by Gasteiger charge is 2.48. The minimum atomic E-state index is -1.58. The molecule has 0 spiro atoms. The number of rotatable bonds is 2. The van der Waals surface area contributed by atoms with Crippen LogP contribution in [0.15, 0.2) is 24.3 Å². The lowest BCUT2D eigenvalue weighted by atomic mass is 9.93. The molecule has 0 saturated carbocycles. The van der Waals surface area contributed by atoms with Gasteiger partial charge in [0.05, 0.1) is 5.92 Å². The maximum Gasteiger partial charge on any atom is 0.328 e. The normalized spacial score (nSPS) is 27.4. The Morgan fingerprint density at radius 3 is 2.50 bits per heavy atom. The highest BCUT2D eigenvalue weighted by atomic mass is 16.4. The highest BCUT2D eigenvalue weighted by Crippen LogP contribution is 2.43. The molecule has 0 heterocycles. The predicted octanol–water partition coefficient (Wildman–Crippen LogP) is 0.497. The largest absolute Gasteiger partial charge is 0.481 e. The van der Waals surface area contributed by atoms with Crippen molar-refractivity contribution in [2.75, 3.05) is 0 Å². The van der Waals surface area contributed by atoms with E-state index >= 15 is 0 Å². The van der Waals surface area contributed by atoms with E-state index in [1.54, 1.807) is 24.3 Å². The first-order valence-electron chi connectivity index (χ1n) is 4.81. The van der Waals surface area contributed by atoms with E-state index in [2.05, 4.69) is 0 Å². The van der Waals surface area contributed by atoms with Gasteiger partial charge in [-0.3, -0.25) is 4.79 Å². The van der Waals surface area contributed by atoms with Gasteiger partial charge in [0.25, 0.3) is 0 Å². The maximum atomic E-state index is 11.1. The molecule has 2 rings (SSSR count). The molecular weight excluding hydrogens is 210 g/mol. The molecule has 0 amide bonds. The second-order valence-corrected chi connectivity index (χ2v) is 3.96. The van der Waals surface area contributed by atoms with Gasteiger partial charge >= 0.3 is 11.9 Å². The predicted molar refractivity (Wildman–Crippen MR) is 54.9 cm³/mol. The summed E-state index contributed by atoms with van der Waals surface area (Å²) in [4.78, 5) is 22.2. The molecule has 1 aromatic carbocycles. The Kier molecular flexibility index (Phi) is 2.20. The number of aliphatic carboxylic acids is 2. The summed E-state index contributed by atoms with van der Waals surface area (Å²) in [6, 6.07) is 6.54. The van der Waals surface area contributed by atoms with Crippen molar-refractivity contribution in [3.8, 4) is 0 Å². The SMILES string of the molecule is N[C@@]1(C(=O)O)C[C@H](C(=O)O)c2ccccc21.